The van der Waals surface area contributed by atoms with Gasteiger partial charge >= 0.3 is 0 Å². The SMILES string of the molecule is C=C(CCc1ccccc1)C(C#N)c1cc(C)c(F)cc1CC. The van der Waals surface area contributed by atoms with E-state index in [9.17, 15) is 9.65 Å². The fourth-order valence-corrected chi connectivity index (χ4v) is 2.79. The highest BCUT2D eigenvalue weighted by molar-refractivity contribution is 5.43. The van der Waals surface area contributed by atoms with Crippen LogP contribution in [-0.4, -0.2) is 0 Å². The van der Waals surface area contributed by atoms with Crippen molar-refractivity contribution in [3.05, 3.63) is 82.7 Å². The Balaban J connectivity index is 2.21. The first kappa shape index (κ1) is 17.0. The highest BCUT2D eigenvalue weighted by Gasteiger charge is 2.19. The van der Waals surface area contributed by atoms with Gasteiger partial charge in [0, 0.05) is 0 Å². The van der Waals surface area contributed by atoms with E-state index in [-0.39, 0.29) is 11.7 Å². The van der Waals surface area contributed by atoms with Crippen LogP contribution in [0.5, 0.6) is 0 Å². The summed E-state index contributed by atoms with van der Waals surface area (Å²) >= 11 is 0. The molecule has 0 N–H and O–H groups in total. The molecule has 0 radical (unpaired) electrons. The summed E-state index contributed by atoms with van der Waals surface area (Å²) in [5, 5.41) is 9.62. The van der Waals surface area contributed by atoms with Crippen molar-refractivity contribution < 1.29 is 4.39 Å². The molecule has 23 heavy (non-hydrogen) atoms. The minimum atomic E-state index is -0.382. The number of hydrogen-bond donors (Lipinski definition) is 0. The van der Waals surface area contributed by atoms with Gasteiger partial charge in [0.05, 0.1) is 12.0 Å². The first-order chi connectivity index (χ1) is 11.1. The van der Waals surface area contributed by atoms with Crippen molar-refractivity contribution in [3.63, 3.8) is 0 Å². The van der Waals surface area contributed by atoms with E-state index in [2.05, 4.69) is 24.8 Å². The van der Waals surface area contributed by atoms with Gasteiger partial charge in [0.2, 0.25) is 0 Å². The molecule has 1 atom stereocenters. The number of nitrogens with zero attached hydrogens (tertiary/aromatic N) is 1. The van der Waals surface area contributed by atoms with E-state index in [0.717, 1.165) is 29.5 Å². The summed E-state index contributed by atoms with van der Waals surface area (Å²) in [5.41, 5.74) is 4.48. The van der Waals surface area contributed by atoms with Gasteiger partial charge in [-0.25, -0.2) is 4.39 Å². The van der Waals surface area contributed by atoms with Crippen LogP contribution in [-0.2, 0) is 12.8 Å². The molecule has 2 aromatic rings. The van der Waals surface area contributed by atoms with Crippen molar-refractivity contribution in [3.8, 4) is 6.07 Å². The van der Waals surface area contributed by atoms with Crippen molar-refractivity contribution in [1.82, 2.24) is 0 Å². The van der Waals surface area contributed by atoms with E-state index in [0.29, 0.717) is 12.0 Å². The lowest BCUT2D eigenvalue weighted by Gasteiger charge is -2.17. The standard InChI is InChI=1S/C21H22FN/c1-4-18-13-21(22)16(3)12-19(18)20(14-23)15(2)10-11-17-8-6-5-7-9-17/h5-9,12-13,20H,2,4,10-11H2,1,3H3. The van der Waals surface area contributed by atoms with Crippen LogP contribution in [0.15, 0.2) is 54.6 Å². The van der Waals surface area contributed by atoms with Crippen LogP contribution in [0.2, 0.25) is 0 Å². The van der Waals surface area contributed by atoms with Crippen LogP contribution >= 0.6 is 0 Å². The maximum Gasteiger partial charge on any atom is 0.126 e. The Morgan fingerprint density at radius 2 is 1.96 bits per heavy atom. The van der Waals surface area contributed by atoms with Crippen LogP contribution in [0.4, 0.5) is 4.39 Å². The smallest absolute Gasteiger partial charge is 0.126 e. The van der Waals surface area contributed by atoms with Crippen molar-refractivity contribution in [1.29, 1.82) is 5.26 Å². The van der Waals surface area contributed by atoms with Gasteiger partial charge < -0.3 is 0 Å². The van der Waals surface area contributed by atoms with Crippen molar-refractivity contribution in [2.24, 2.45) is 0 Å². The zero-order valence-electron chi connectivity index (χ0n) is 13.8. The average molecular weight is 307 g/mol. The molecular weight excluding hydrogens is 285 g/mol. The number of nitriles is 1. The molecule has 0 heterocycles. The van der Waals surface area contributed by atoms with E-state index in [1.807, 2.05) is 25.1 Å². The largest absolute Gasteiger partial charge is 0.207 e. The normalized spacial score (nSPS) is 11.7. The molecule has 0 aliphatic heterocycles. The molecule has 0 saturated carbocycles. The summed E-state index contributed by atoms with van der Waals surface area (Å²) in [5.74, 6) is -0.592. The number of rotatable bonds is 6. The summed E-state index contributed by atoms with van der Waals surface area (Å²) < 4.78 is 13.8. The molecule has 2 heteroatoms. The topological polar surface area (TPSA) is 23.8 Å². The highest BCUT2D eigenvalue weighted by atomic mass is 19.1. The Bertz CT molecular complexity index is 725. The Morgan fingerprint density at radius 3 is 2.57 bits per heavy atom. The quantitative estimate of drug-likeness (QED) is 0.647. The number of allylic oxidation sites excluding steroid dienone is 1. The molecule has 1 unspecified atom stereocenters. The maximum atomic E-state index is 13.8. The second-order valence-corrected chi connectivity index (χ2v) is 5.86. The van der Waals surface area contributed by atoms with Crippen LogP contribution < -0.4 is 0 Å². The summed E-state index contributed by atoms with van der Waals surface area (Å²) in [6.07, 6.45) is 2.32. The van der Waals surface area contributed by atoms with E-state index >= 15 is 0 Å². The van der Waals surface area contributed by atoms with E-state index in [1.54, 1.807) is 19.1 Å². The second kappa shape index (κ2) is 7.74. The average Bonchev–Trinajstić information content (AvgIpc) is 2.57. The predicted octanol–water partition coefficient (Wildman–Crippen LogP) is 5.49. The fraction of sp³-hybridized carbons (Fsp3) is 0.286. The molecule has 2 aromatic carbocycles. The molecule has 0 aliphatic rings. The van der Waals surface area contributed by atoms with Gasteiger partial charge in [-0.05, 0) is 54.5 Å². The summed E-state index contributed by atoms with van der Waals surface area (Å²) in [6.45, 7) is 7.85. The highest BCUT2D eigenvalue weighted by Crippen LogP contribution is 2.30. The Kier molecular flexibility index (Phi) is 5.71. The molecule has 0 spiro atoms. The molecule has 0 bridgehead atoms. The summed E-state index contributed by atoms with van der Waals surface area (Å²) in [7, 11) is 0. The number of aryl methyl sites for hydroxylation is 3. The summed E-state index contributed by atoms with van der Waals surface area (Å²) in [6, 6.07) is 15.9. The Labute approximate surface area is 138 Å². The van der Waals surface area contributed by atoms with Gasteiger partial charge in [-0.2, -0.15) is 5.26 Å². The minimum absolute atomic E-state index is 0.211. The molecule has 0 amide bonds. The molecule has 118 valence electrons. The second-order valence-electron chi connectivity index (χ2n) is 5.86. The van der Waals surface area contributed by atoms with E-state index in [1.165, 1.54) is 5.56 Å². The molecule has 1 nitrogen and oxygen atoms in total. The number of halogens is 1. The van der Waals surface area contributed by atoms with Crippen molar-refractivity contribution in [2.75, 3.05) is 0 Å². The fourth-order valence-electron chi connectivity index (χ4n) is 2.79. The zero-order valence-corrected chi connectivity index (χ0v) is 13.8. The number of hydrogen-bond acceptors (Lipinski definition) is 1. The van der Waals surface area contributed by atoms with Gasteiger partial charge in [-0.15, -0.1) is 0 Å². The lowest BCUT2D eigenvalue weighted by atomic mass is 9.85. The number of benzene rings is 2. The zero-order chi connectivity index (χ0) is 16.8. The Morgan fingerprint density at radius 1 is 1.26 bits per heavy atom. The lowest BCUT2D eigenvalue weighted by Crippen LogP contribution is -2.06. The van der Waals surface area contributed by atoms with Gasteiger partial charge in [-0.3, -0.25) is 0 Å². The lowest BCUT2D eigenvalue weighted by molar-refractivity contribution is 0.614. The van der Waals surface area contributed by atoms with Crippen LogP contribution in [0, 0.1) is 24.1 Å². The van der Waals surface area contributed by atoms with Crippen molar-refractivity contribution >= 4 is 0 Å². The monoisotopic (exact) mass is 307 g/mol. The molecule has 2 rings (SSSR count). The summed E-state index contributed by atoms with van der Waals surface area (Å²) in [4.78, 5) is 0. The molecule has 0 aliphatic carbocycles. The molecular formula is C21H22FN. The Hall–Kier alpha value is -2.40. The molecule has 0 saturated heterocycles. The third-order valence-corrected chi connectivity index (χ3v) is 4.23. The van der Waals surface area contributed by atoms with Crippen LogP contribution in [0.3, 0.4) is 0 Å². The van der Waals surface area contributed by atoms with Gasteiger partial charge in [0.15, 0.2) is 0 Å². The van der Waals surface area contributed by atoms with E-state index < -0.39 is 0 Å². The van der Waals surface area contributed by atoms with Crippen LogP contribution in [0.25, 0.3) is 0 Å². The van der Waals surface area contributed by atoms with Crippen LogP contribution in [0.1, 0.15) is 41.5 Å². The van der Waals surface area contributed by atoms with Crippen molar-refractivity contribution in [2.45, 2.75) is 39.0 Å². The molecule has 0 aromatic heterocycles. The van der Waals surface area contributed by atoms with E-state index in [4.69, 9.17) is 0 Å². The predicted molar refractivity (Wildman–Crippen MR) is 92.8 cm³/mol. The third kappa shape index (κ3) is 4.07. The van der Waals surface area contributed by atoms with Gasteiger partial charge in [-0.1, -0.05) is 55.5 Å². The first-order valence-electron chi connectivity index (χ1n) is 7.97. The third-order valence-electron chi connectivity index (χ3n) is 4.23. The molecule has 0 fully saturated rings. The minimum Gasteiger partial charge on any atom is -0.207 e. The van der Waals surface area contributed by atoms with Gasteiger partial charge in [0.1, 0.15) is 5.82 Å². The maximum absolute atomic E-state index is 13.8. The first-order valence-corrected chi connectivity index (χ1v) is 7.97. The van der Waals surface area contributed by atoms with Gasteiger partial charge in [0.25, 0.3) is 0 Å².